The van der Waals surface area contributed by atoms with E-state index in [1.807, 2.05) is 18.2 Å². The minimum atomic E-state index is -0.907. The summed E-state index contributed by atoms with van der Waals surface area (Å²) < 4.78 is 0. The normalized spacial score (nSPS) is 21.8. The van der Waals surface area contributed by atoms with Gasteiger partial charge in [-0.3, -0.25) is 19.4 Å². The van der Waals surface area contributed by atoms with Crippen molar-refractivity contribution in [2.75, 3.05) is 9.91 Å². The third kappa shape index (κ3) is 2.42. The smallest absolute Gasteiger partial charge is 0.259 e. The van der Waals surface area contributed by atoms with Gasteiger partial charge >= 0.3 is 0 Å². The molecule has 0 spiro atoms. The largest absolute Gasteiger partial charge is 0.293 e. The second-order valence-corrected chi connectivity index (χ2v) is 6.57. The molecule has 2 aromatic carbocycles. The van der Waals surface area contributed by atoms with Gasteiger partial charge < -0.3 is 0 Å². The standard InChI is InChI=1S/C19H14ClN3O3/c1-11(24)16-15-17(23(21-16)14-5-3-2-4-6-14)19(26)22(18(15)25)13-9-7-12(20)8-10-13/h2-10,15,17H,1H3/t15-,17-/m0/s1. The molecular formula is C19H14ClN3O3. The summed E-state index contributed by atoms with van der Waals surface area (Å²) in [5, 5.41) is 6.27. The van der Waals surface area contributed by atoms with Crippen LogP contribution in [0.15, 0.2) is 59.7 Å². The number of halogens is 1. The van der Waals surface area contributed by atoms with Crippen molar-refractivity contribution in [3.63, 3.8) is 0 Å². The van der Waals surface area contributed by atoms with Crippen LogP contribution in [-0.4, -0.2) is 29.4 Å². The monoisotopic (exact) mass is 367 g/mol. The number of hydrazone groups is 1. The first-order valence-corrected chi connectivity index (χ1v) is 8.44. The second-order valence-electron chi connectivity index (χ2n) is 6.13. The summed E-state index contributed by atoms with van der Waals surface area (Å²) in [4.78, 5) is 39.2. The number of amides is 2. The maximum atomic E-state index is 13.1. The van der Waals surface area contributed by atoms with E-state index in [4.69, 9.17) is 11.6 Å². The van der Waals surface area contributed by atoms with Crippen molar-refractivity contribution in [1.29, 1.82) is 0 Å². The van der Waals surface area contributed by atoms with E-state index >= 15 is 0 Å². The Labute approximate surface area is 154 Å². The number of carbonyl (C=O) groups excluding carboxylic acids is 3. The molecule has 0 aliphatic carbocycles. The lowest BCUT2D eigenvalue weighted by atomic mass is 9.95. The van der Waals surface area contributed by atoms with Gasteiger partial charge in [0.2, 0.25) is 5.91 Å². The number of fused-ring (bicyclic) bond motifs is 1. The van der Waals surface area contributed by atoms with Gasteiger partial charge in [-0.15, -0.1) is 0 Å². The summed E-state index contributed by atoms with van der Waals surface area (Å²) in [7, 11) is 0. The van der Waals surface area contributed by atoms with E-state index in [-0.39, 0.29) is 11.5 Å². The molecule has 0 saturated carbocycles. The lowest BCUT2D eigenvalue weighted by molar-refractivity contribution is -0.122. The van der Waals surface area contributed by atoms with Crippen molar-refractivity contribution in [3.8, 4) is 0 Å². The Bertz CT molecular complexity index is 940. The first-order valence-electron chi connectivity index (χ1n) is 8.06. The third-order valence-corrected chi connectivity index (χ3v) is 4.77. The van der Waals surface area contributed by atoms with E-state index in [0.717, 1.165) is 4.90 Å². The third-order valence-electron chi connectivity index (χ3n) is 4.52. The molecule has 130 valence electrons. The molecule has 1 fully saturated rings. The van der Waals surface area contributed by atoms with E-state index in [1.54, 1.807) is 36.4 Å². The van der Waals surface area contributed by atoms with E-state index in [1.165, 1.54) is 11.9 Å². The molecule has 0 unspecified atom stereocenters. The Hall–Kier alpha value is -2.99. The van der Waals surface area contributed by atoms with Crippen LogP contribution in [0.5, 0.6) is 0 Å². The Kier molecular flexibility index (Phi) is 3.85. The molecule has 1 saturated heterocycles. The zero-order valence-electron chi connectivity index (χ0n) is 13.8. The van der Waals surface area contributed by atoms with E-state index in [9.17, 15) is 14.4 Å². The van der Waals surface area contributed by atoms with Crippen LogP contribution < -0.4 is 9.91 Å². The molecule has 0 N–H and O–H groups in total. The molecule has 2 aliphatic heterocycles. The number of nitrogens with zero attached hydrogens (tertiary/aromatic N) is 3. The summed E-state index contributed by atoms with van der Waals surface area (Å²) in [6, 6.07) is 14.6. The van der Waals surface area contributed by atoms with Crippen molar-refractivity contribution < 1.29 is 14.4 Å². The lowest BCUT2D eigenvalue weighted by Crippen LogP contribution is -2.39. The van der Waals surface area contributed by atoms with Gasteiger partial charge in [-0.1, -0.05) is 29.8 Å². The number of rotatable bonds is 3. The number of benzene rings is 2. The highest BCUT2D eigenvalue weighted by atomic mass is 35.5. The van der Waals surface area contributed by atoms with Gasteiger partial charge in [0.25, 0.3) is 5.91 Å². The number of anilines is 2. The Morgan fingerprint density at radius 3 is 2.23 bits per heavy atom. The quantitative estimate of drug-likeness (QED) is 0.782. The minimum Gasteiger partial charge on any atom is -0.293 e. The van der Waals surface area contributed by atoms with Crippen LogP contribution in [-0.2, 0) is 14.4 Å². The fraction of sp³-hybridized carbons (Fsp3) is 0.158. The highest BCUT2D eigenvalue weighted by Gasteiger charge is 2.58. The Balaban J connectivity index is 1.80. The van der Waals surface area contributed by atoms with Gasteiger partial charge in [0, 0.05) is 11.9 Å². The average molecular weight is 368 g/mol. The fourth-order valence-electron chi connectivity index (χ4n) is 3.34. The zero-order valence-corrected chi connectivity index (χ0v) is 14.6. The molecule has 26 heavy (non-hydrogen) atoms. The summed E-state index contributed by atoms with van der Waals surface area (Å²) in [6.07, 6.45) is 0. The van der Waals surface area contributed by atoms with E-state index < -0.39 is 23.8 Å². The summed E-state index contributed by atoms with van der Waals surface area (Å²) in [6.45, 7) is 1.35. The lowest BCUT2D eigenvalue weighted by Gasteiger charge is -2.22. The molecule has 0 radical (unpaired) electrons. The van der Waals surface area contributed by atoms with Crippen LogP contribution in [0.2, 0.25) is 5.02 Å². The number of imide groups is 1. The zero-order chi connectivity index (χ0) is 18.4. The first-order chi connectivity index (χ1) is 12.5. The Morgan fingerprint density at radius 2 is 1.62 bits per heavy atom. The molecule has 6 nitrogen and oxygen atoms in total. The van der Waals surface area contributed by atoms with Gasteiger partial charge in [0.05, 0.1) is 11.4 Å². The van der Waals surface area contributed by atoms with Crippen LogP contribution in [0, 0.1) is 5.92 Å². The maximum Gasteiger partial charge on any atom is 0.259 e. The fourth-order valence-corrected chi connectivity index (χ4v) is 3.47. The van der Waals surface area contributed by atoms with Crippen LogP contribution in [0.4, 0.5) is 11.4 Å². The predicted octanol–water partition coefficient (Wildman–Crippen LogP) is 2.66. The number of ketones is 1. The summed E-state index contributed by atoms with van der Waals surface area (Å²) in [5.41, 5.74) is 1.18. The molecule has 7 heteroatoms. The number of Topliss-reactive ketones (excluding diaryl/α,β-unsaturated/α-hetero) is 1. The van der Waals surface area contributed by atoms with Crippen molar-refractivity contribution in [2.24, 2.45) is 11.0 Å². The van der Waals surface area contributed by atoms with E-state index in [0.29, 0.717) is 16.4 Å². The first kappa shape index (κ1) is 16.5. The second kappa shape index (κ2) is 6.07. The van der Waals surface area contributed by atoms with Crippen LogP contribution >= 0.6 is 11.6 Å². The van der Waals surface area contributed by atoms with Crippen molar-refractivity contribution in [2.45, 2.75) is 13.0 Å². The average Bonchev–Trinajstić information content (AvgIpc) is 3.15. The predicted molar refractivity (Wildman–Crippen MR) is 98.3 cm³/mol. The van der Waals surface area contributed by atoms with Crippen molar-refractivity contribution in [1.82, 2.24) is 0 Å². The van der Waals surface area contributed by atoms with Crippen LogP contribution in [0.25, 0.3) is 0 Å². The molecular weight excluding hydrogens is 354 g/mol. The number of para-hydroxylation sites is 1. The van der Waals surface area contributed by atoms with Crippen LogP contribution in [0.3, 0.4) is 0 Å². The summed E-state index contributed by atoms with van der Waals surface area (Å²) >= 11 is 5.89. The summed E-state index contributed by atoms with van der Waals surface area (Å²) in [5.74, 6) is -2.09. The molecule has 2 heterocycles. The number of hydrogen-bond acceptors (Lipinski definition) is 5. The number of hydrogen-bond donors (Lipinski definition) is 0. The molecule has 2 aliphatic rings. The molecule has 2 atom stereocenters. The van der Waals surface area contributed by atoms with Crippen molar-refractivity contribution >= 4 is 46.3 Å². The van der Waals surface area contributed by atoms with Gasteiger partial charge in [0.1, 0.15) is 17.7 Å². The molecule has 0 aromatic heterocycles. The van der Waals surface area contributed by atoms with Gasteiger partial charge in [-0.05, 0) is 36.4 Å². The van der Waals surface area contributed by atoms with Crippen molar-refractivity contribution in [3.05, 3.63) is 59.6 Å². The minimum absolute atomic E-state index is 0.105. The SMILES string of the molecule is CC(=O)C1=NN(c2ccccc2)[C@@H]2C(=O)N(c3ccc(Cl)cc3)C(=O)[C@@H]12. The van der Waals surface area contributed by atoms with Gasteiger partial charge in [-0.25, -0.2) is 4.90 Å². The van der Waals surface area contributed by atoms with E-state index in [2.05, 4.69) is 5.10 Å². The number of carbonyl (C=O) groups is 3. The topological polar surface area (TPSA) is 70.1 Å². The highest BCUT2D eigenvalue weighted by molar-refractivity contribution is 6.48. The molecule has 2 amide bonds. The van der Waals surface area contributed by atoms with Gasteiger partial charge in [0.15, 0.2) is 5.78 Å². The molecule has 0 bridgehead atoms. The molecule has 4 rings (SSSR count). The maximum absolute atomic E-state index is 13.1. The highest BCUT2D eigenvalue weighted by Crippen LogP contribution is 2.37. The van der Waals surface area contributed by atoms with Crippen LogP contribution in [0.1, 0.15) is 6.92 Å². The van der Waals surface area contributed by atoms with Gasteiger partial charge in [-0.2, -0.15) is 5.10 Å². The molecule has 2 aromatic rings. The Morgan fingerprint density at radius 1 is 0.962 bits per heavy atom.